The molecule has 1 aromatic rings. The molecule has 0 spiro atoms. The molecule has 118 valence electrons. The molecule has 1 aliphatic carbocycles. The number of nitrogens with two attached hydrogens (primary N) is 1. The van der Waals surface area contributed by atoms with Gasteiger partial charge >= 0.3 is 0 Å². The highest BCUT2D eigenvalue weighted by molar-refractivity contribution is 6.34. The Morgan fingerprint density at radius 2 is 1.95 bits per heavy atom. The molecule has 2 amide bonds. The van der Waals surface area contributed by atoms with Crippen molar-refractivity contribution in [2.75, 3.05) is 31.6 Å². The van der Waals surface area contributed by atoms with Gasteiger partial charge in [0.2, 0.25) is 5.91 Å². The van der Waals surface area contributed by atoms with Gasteiger partial charge in [-0.1, -0.05) is 11.6 Å². The largest absolute Gasteiger partial charge is 0.378 e. The lowest BCUT2D eigenvalue weighted by Gasteiger charge is -2.27. The van der Waals surface area contributed by atoms with Gasteiger partial charge < -0.3 is 20.7 Å². The van der Waals surface area contributed by atoms with Crippen LogP contribution in [0.2, 0.25) is 5.02 Å². The highest BCUT2D eigenvalue weighted by atomic mass is 35.5. The minimum Gasteiger partial charge on any atom is -0.378 e. The summed E-state index contributed by atoms with van der Waals surface area (Å²) in [5, 5.41) is 3.05. The van der Waals surface area contributed by atoms with Crippen LogP contribution in [0.1, 0.15) is 23.2 Å². The van der Waals surface area contributed by atoms with Crippen molar-refractivity contribution in [1.29, 1.82) is 0 Å². The first-order valence-electron chi connectivity index (χ1n) is 7.26. The van der Waals surface area contributed by atoms with Crippen molar-refractivity contribution in [2.45, 2.75) is 18.4 Å². The monoisotopic (exact) mass is 323 g/mol. The summed E-state index contributed by atoms with van der Waals surface area (Å²) in [7, 11) is 0. The maximum Gasteiger partial charge on any atom is 0.255 e. The summed E-state index contributed by atoms with van der Waals surface area (Å²) >= 11 is 6.20. The van der Waals surface area contributed by atoms with Crippen LogP contribution in [0.4, 0.5) is 5.69 Å². The molecule has 1 aromatic carbocycles. The first-order valence-corrected chi connectivity index (χ1v) is 7.64. The van der Waals surface area contributed by atoms with Crippen molar-refractivity contribution in [1.82, 2.24) is 4.90 Å². The topological polar surface area (TPSA) is 84.7 Å². The van der Waals surface area contributed by atoms with Gasteiger partial charge in [-0.05, 0) is 31.0 Å². The van der Waals surface area contributed by atoms with Crippen LogP contribution in [-0.2, 0) is 9.53 Å². The summed E-state index contributed by atoms with van der Waals surface area (Å²) in [6.45, 7) is 2.19. The number of carbonyl (C=O) groups excluding carboxylic acids is 2. The van der Waals surface area contributed by atoms with Crippen LogP contribution >= 0.6 is 11.6 Å². The van der Waals surface area contributed by atoms with Crippen LogP contribution in [0.5, 0.6) is 0 Å². The highest BCUT2D eigenvalue weighted by Gasteiger charge is 2.45. The van der Waals surface area contributed by atoms with Crippen molar-refractivity contribution in [3.05, 3.63) is 28.8 Å². The molecule has 2 fully saturated rings. The fraction of sp³-hybridized carbons (Fsp3) is 0.467. The highest BCUT2D eigenvalue weighted by Crippen LogP contribution is 2.33. The minimum atomic E-state index is -0.741. The molecule has 2 aliphatic rings. The molecule has 1 aliphatic heterocycles. The number of amides is 2. The third kappa shape index (κ3) is 3.09. The van der Waals surface area contributed by atoms with Crippen LogP contribution in [0.15, 0.2) is 18.2 Å². The Bertz CT molecular complexity index is 610. The molecule has 1 saturated heterocycles. The van der Waals surface area contributed by atoms with E-state index >= 15 is 0 Å². The van der Waals surface area contributed by atoms with E-state index in [1.165, 1.54) is 0 Å². The molecule has 0 unspecified atom stereocenters. The Balaban J connectivity index is 1.71. The van der Waals surface area contributed by atoms with E-state index in [-0.39, 0.29) is 11.8 Å². The molecular formula is C15H18ClN3O3. The van der Waals surface area contributed by atoms with Crippen LogP contribution in [-0.4, -0.2) is 48.6 Å². The number of rotatable bonds is 3. The lowest BCUT2D eigenvalue weighted by atomic mass is 10.1. The number of anilines is 1. The summed E-state index contributed by atoms with van der Waals surface area (Å²) in [5.74, 6) is -0.334. The zero-order valence-electron chi connectivity index (χ0n) is 12.1. The predicted octanol–water partition coefficient (Wildman–Crippen LogP) is 1.24. The van der Waals surface area contributed by atoms with Gasteiger partial charge in [-0.2, -0.15) is 0 Å². The second kappa shape index (κ2) is 5.87. The molecule has 0 aromatic heterocycles. The minimum absolute atomic E-state index is 0.122. The van der Waals surface area contributed by atoms with E-state index in [1.54, 1.807) is 23.1 Å². The number of carbonyl (C=O) groups is 2. The maximum absolute atomic E-state index is 12.4. The predicted molar refractivity (Wildman–Crippen MR) is 83.0 cm³/mol. The third-order valence-corrected chi connectivity index (χ3v) is 4.31. The van der Waals surface area contributed by atoms with Gasteiger partial charge in [0.1, 0.15) is 0 Å². The number of benzene rings is 1. The molecule has 0 radical (unpaired) electrons. The van der Waals surface area contributed by atoms with Gasteiger partial charge in [0, 0.05) is 18.8 Å². The number of ether oxygens (including phenoxy) is 1. The maximum atomic E-state index is 12.4. The molecule has 1 heterocycles. The van der Waals surface area contributed by atoms with E-state index in [2.05, 4.69) is 5.32 Å². The second-order valence-corrected chi connectivity index (χ2v) is 6.12. The number of hydrogen-bond acceptors (Lipinski definition) is 4. The van der Waals surface area contributed by atoms with Crippen molar-refractivity contribution in [3.63, 3.8) is 0 Å². The van der Waals surface area contributed by atoms with E-state index in [0.29, 0.717) is 55.4 Å². The first-order chi connectivity index (χ1) is 10.5. The van der Waals surface area contributed by atoms with Crippen molar-refractivity contribution < 1.29 is 14.3 Å². The molecule has 22 heavy (non-hydrogen) atoms. The molecule has 3 rings (SSSR count). The van der Waals surface area contributed by atoms with Gasteiger partial charge in [0.15, 0.2) is 0 Å². The van der Waals surface area contributed by atoms with E-state index in [0.717, 1.165) is 0 Å². The first kappa shape index (κ1) is 15.3. The number of halogens is 1. The van der Waals surface area contributed by atoms with Crippen molar-refractivity contribution in [3.8, 4) is 0 Å². The number of nitrogens with zero attached hydrogens (tertiary/aromatic N) is 1. The third-order valence-electron chi connectivity index (χ3n) is 4.00. The SMILES string of the molecule is NC1(C(=O)Nc2ccc(C(=O)N3CCOCC3)c(Cl)c2)CC1. The Morgan fingerprint density at radius 1 is 1.27 bits per heavy atom. The van der Waals surface area contributed by atoms with Crippen LogP contribution in [0.25, 0.3) is 0 Å². The summed E-state index contributed by atoms with van der Waals surface area (Å²) in [6, 6.07) is 4.88. The number of hydrogen-bond donors (Lipinski definition) is 2. The lowest BCUT2D eigenvalue weighted by Crippen LogP contribution is -2.40. The quantitative estimate of drug-likeness (QED) is 0.876. The summed E-state index contributed by atoms with van der Waals surface area (Å²) < 4.78 is 5.23. The summed E-state index contributed by atoms with van der Waals surface area (Å²) in [5.41, 5.74) is 6.07. The number of morpholine rings is 1. The Hall–Kier alpha value is -1.63. The lowest BCUT2D eigenvalue weighted by molar-refractivity contribution is -0.118. The Kier molecular flexibility index (Phi) is 4.08. The smallest absolute Gasteiger partial charge is 0.255 e. The fourth-order valence-corrected chi connectivity index (χ4v) is 2.58. The van der Waals surface area contributed by atoms with Gasteiger partial charge in [-0.15, -0.1) is 0 Å². The van der Waals surface area contributed by atoms with Crippen LogP contribution in [0.3, 0.4) is 0 Å². The van der Waals surface area contributed by atoms with Gasteiger partial charge in [-0.3, -0.25) is 9.59 Å². The molecule has 0 atom stereocenters. The molecule has 7 heteroatoms. The van der Waals surface area contributed by atoms with E-state index in [9.17, 15) is 9.59 Å². The Labute approximate surface area is 133 Å². The summed E-state index contributed by atoms with van der Waals surface area (Å²) in [6.07, 6.45) is 1.39. The second-order valence-electron chi connectivity index (χ2n) is 5.71. The molecule has 1 saturated carbocycles. The van der Waals surface area contributed by atoms with E-state index < -0.39 is 5.54 Å². The average molecular weight is 324 g/mol. The van der Waals surface area contributed by atoms with Crippen molar-refractivity contribution in [2.24, 2.45) is 5.73 Å². The van der Waals surface area contributed by atoms with Crippen LogP contribution in [0, 0.1) is 0 Å². The average Bonchev–Trinajstić information content (AvgIpc) is 3.27. The molecule has 6 nitrogen and oxygen atoms in total. The normalized spacial score (nSPS) is 19.6. The van der Waals surface area contributed by atoms with E-state index in [1.807, 2.05) is 0 Å². The van der Waals surface area contributed by atoms with E-state index in [4.69, 9.17) is 22.1 Å². The molecule has 0 bridgehead atoms. The summed E-state index contributed by atoms with van der Waals surface area (Å²) in [4.78, 5) is 26.0. The Morgan fingerprint density at radius 3 is 2.55 bits per heavy atom. The zero-order chi connectivity index (χ0) is 15.7. The molecule has 3 N–H and O–H groups in total. The van der Waals surface area contributed by atoms with Gasteiger partial charge in [0.25, 0.3) is 5.91 Å². The zero-order valence-corrected chi connectivity index (χ0v) is 12.9. The molecular weight excluding hydrogens is 306 g/mol. The van der Waals surface area contributed by atoms with Crippen molar-refractivity contribution >= 4 is 29.1 Å². The van der Waals surface area contributed by atoms with Gasteiger partial charge in [-0.25, -0.2) is 0 Å². The fourth-order valence-electron chi connectivity index (χ4n) is 2.32. The van der Waals surface area contributed by atoms with Crippen LogP contribution < -0.4 is 11.1 Å². The standard InChI is InChI=1S/C15H18ClN3O3/c16-12-9-10(18-14(21)15(17)3-4-15)1-2-11(12)13(20)19-5-7-22-8-6-19/h1-2,9H,3-8,17H2,(H,18,21). The number of nitrogens with one attached hydrogen (secondary N) is 1. The van der Waals surface area contributed by atoms with Gasteiger partial charge in [0.05, 0.1) is 29.3 Å².